The largest absolute Gasteiger partial charge is 0.378 e. The lowest BCUT2D eigenvalue weighted by Crippen LogP contribution is -2.27. The number of hydrogen-bond acceptors (Lipinski definition) is 5. The molecule has 1 aromatic heterocycles. The standard InChI is InChI=1S/C26H30N4O2/c1-19-8-9-21(17-23(19)20-10-12-22(13-11-20)29(2)3)26(31)28-24-7-6-14-27-25(24)30-15-4-5-16-32-18-30/h6-14,17H,4-5,15-16,18H2,1-3H3,(H,28,31). The molecule has 166 valence electrons. The number of hydrogen-bond donors (Lipinski definition) is 1. The Labute approximate surface area is 189 Å². The maximum Gasteiger partial charge on any atom is 0.255 e. The van der Waals surface area contributed by atoms with Gasteiger partial charge in [-0.2, -0.15) is 0 Å². The van der Waals surface area contributed by atoms with Crippen molar-refractivity contribution in [2.75, 3.05) is 49.1 Å². The van der Waals surface area contributed by atoms with Crippen molar-refractivity contribution in [3.8, 4) is 11.1 Å². The molecule has 0 radical (unpaired) electrons. The molecule has 0 spiro atoms. The molecule has 1 fully saturated rings. The van der Waals surface area contributed by atoms with E-state index < -0.39 is 0 Å². The molecular formula is C26H30N4O2. The van der Waals surface area contributed by atoms with Gasteiger partial charge in [0.2, 0.25) is 0 Å². The van der Waals surface area contributed by atoms with Gasteiger partial charge in [0.05, 0.1) is 5.69 Å². The Hall–Kier alpha value is -3.38. The first-order chi connectivity index (χ1) is 15.5. The molecule has 0 aliphatic carbocycles. The molecule has 1 aliphatic rings. The minimum Gasteiger partial charge on any atom is -0.378 e. The Morgan fingerprint density at radius 2 is 1.91 bits per heavy atom. The molecule has 0 atom stereocenters. The Bertz CT molecular complexity index is 1070. The predicted octanol–water partition coefficient (Wildman–Crippen LogP) is 4.95. The molecule has 0 bridgehead atoms. The topological polar surface area (TPSA) is 57.7 Å². The van der Waals surface area contributed by atoms with E-state index in [4.69, 9.17) is 4.74 Å². The lowest BCUT2D eigenvalue weighted by molar-refractivity contribution is 0.102. The number of nitrogens with one attached hydrogen (secondary N) is 1. The van der Waals surface area contributed by atoms with Crippen molar-refractivity contribution >= 4 is 23.1 Å². The lowest BCUT2D eigenvalue weighted by atomic mass is 9.97. The van der Waals surface area contributed by atoms with Crippen LogP contribution in [0.5, 0.6) is 0 Å². The van der Waals surface area contributed by atoms with Gasteiger partial charge in [-0.3, -0.25) is 4.79 Å². The van der Waals surface area contributed by atoms with Gasteiger partial charge in [-0.25, -0.2) is 4.98 Å². The fourth-order valence-corrected chi connectivity index (χ4v) is 3.87. The van der Waals surface area contributed by atoms with Crippen LogP contribution in [0.1, 0.15) is 28.8 Å². The van der Waals surface area contributed by atoms with Crippen molar-refractivity contribution in [1.82, 2.24) is 4.98 Å². The third kappa shape index (κ3) is 4.92. The minimum absolute atomic E-state index is 0.152. The van der Waals surface area contributed by atoms with E-state index in [2.05, 4.69) is 51.3 Å². The SMILES string of the molecule is Cc1ccc(C(=O)Nc2cccnc2N2CCCCOC2)cc1-c1ccc(N(C)C)cc1. The van der Waals surface area contributed by atoms with Gasteiger partial charge >= 0.3 is 0 Å². The van der Waals surface area contributed by atoms with Crippen molar-refractivity contribution in [2.45, 2.75) is 19.8 Å². The van der Waals surface area contributed by atoms with Crippen molar-refractivity contribution in [3.63, 3.8) is 0 Å². The highest BCUT2D eigenvalue weighted by Gasteiger charge is 2.17. The van der Waals surface area contributed by atoms with Crippen LogP contribution >= 0.6 is 0 Å². The fraction of sp³-hybridized carbons (Fsp3) is 0.308. The van der Waals surface area contributed by atoms with Crippen molar-refractivity contribution in [2.24, 2.45) is 0 Å². The molecule has 1 amide bonds. The molecule has 6 nitrogen and oxygen atoms in total. The Morgan fingerprint density at radius 1 is 1.09 bits per heavy atom. The number of amides is 1. The molecule has 2 heterocycles. The van der Waals surface area contributed by atoms with Crippen molar-refractivity contribution in [3.05, 3.63) is 71.9 Å². The van der Waals surface area contributed by atoms with Crippen LogP contribution in [0.15, 0.2) is 60.8 Å². The zero-order chi connectivity index (χ0) is 22.5. The summed E-state index contributed by atoms with van der Waals surface area (Å²) >= 11 is 0. The van der Waals surface area contributed by atoms with Gasteiger partial charge in [0.1, 0.15) is 6.73 Å². The van der Waals surface area contributed by atoms with Gasteiger partial charge in [0.15, 0.2) is 5.82 Å². The zero-order valence-electron chi connectivity index (χ0n) is 19.0. The first-order valence-corrected chi connectivity index (χ1v) is 11.0. The van der Waals surface area contributed by atoms with Crippen LogP contribution in [-0.2, 0) is 4.74 Å². The molecule has 1 aliphatic heterocycles. The minimum atomic E-state index is -0.152. The number of aromatic nitrogens is 1. The van der Waals surface area contributed by atoms with Gasteiger partial charge in [0.25, 0.3) is 5.91 Å². The Kier molecular flexibility index (Phi) is 6.71. The van der Waals surface area contributed by atoms with Crippen molar-refractivity contribution < 1.29 is 9.53 Å². The maximum atomic E-state index is 13.2. The zero-order valence-corrected chi connectivity index (χ0v) is 19.0. The van der Waals surface area contributed by atoms with E-state index >= 15 is 0 Å². The molecule has 1 saturated heterocycles. The van der Waals surface area contributed by atoms with E-state index in [-0.39, 0.29) is 5.91 Å². The molecule has 2 aromatic carbocycles. The highest BCUT2D eigenvalue weighted by Crippen LogP contribution is 2.28. The summed E-state index contributed by atoms with van der Waals surface area (Å²) in [5.74, 6) is 0.593. The smallest absolute Gasteiger partial charge is 0.255 e. The summed E-state index contributed by atoms with van der Waals surface area (Å²) in [6, 6.07) is 17.9. The monoisotopic (exact) mass is 430 g/mol. The number of carbonyl (C=O) groups excluding carboxylic acids is 1. The number of rotatable bonds is 5. The number of nitrogens with zero attached hydrogens (tertiary/aromatic N) is 3. The molecule has 32 heavy (non-hydrogen) atoms. The van der Waals surface area contributed by atoms with E-state index in [0.717, 1.165) is 54.2 Å². The first-order valence-electron chi connectivity index (χ1n) is 11.0. The maximum absolute atomic E-state index is 13.2. The van der Waals surface area contributed by atoms with Crippen LogP contribution < -0.4 is 15.1 Å². The lowest BCUT2D eigenvalue weighted by Gasteiger charge is -2.23. The molecule has 0 unspecified atom stereocenters. The summed E-state index contributed by atoms with van der Waals surface area (Å²) in [6.07, 6.45) is 3.82. The number of anilines is 3. The second-order valence-electron chi connectivity index (χ2n) is 8.31. The number of aryl methyl sites for hydroxylation is 1. The number of carbonyl (C=O) groups is 1. The van der Waals surface area contributed by atoms with Gasteiger partial charge < -0.3 is 19.9 Å². The molecule has 1 N–H and O–H groups in total. The highest BCUT2D eigenvalue weighted by atomic mass is 16.5. The quantitative estimate of drug-likeness (QED) is 0.621. The van der Waals surface area contributed by atoms with Crippen LogP contribution in [0.3, 0.4) is 0 Å². The summed E-state index contributed by atoms with van der Waals surface area (Å²) < 4.78 is 5.68. The van der Waals surface area contributed by atoms with Crippen LogP contribution in [0.2, 0.25) is 0 Å². The molecule has 0 saturated carbocycles. The molecule has 4 rings (SSSR count). The van der Waals surface area contributed by atoms with Crippen LogP contribution in [-0.4, -0.2) is 44.9 Å². The average Bonchev–Trinajstić information content (AvgIpc) is 3.09. The summed E-state index contributed by atoms with van der Waals surface area (Å²) in [4.78, 5) is 21.8. The molecule has 6 heteroatoms. The van der Waals surface area contributed by atoms with E-state index in [9.17, 15) is 4.79 Å². The number of ether oxygens (including phenoxy) is 1. The predicted molar refractivity (Wildman–Crippen MR) is 131 cm³/mol. The van der Waals surface area contributed by atoms with Gasteiger partial charge in [-0.05, 0) is 72.9 Å². The highest BCUT2D eigenvalue weighted by molar-refractivity contribution is 6.06. The Morgan fingerprint density at radius 3 is 2.69 bits per heavy atom. The van der Waals surface area contributed by atoms with E-state index in [1.54, 1.807) is 6.20 Å². The summed E-state index contributed by atoms with van der Waals surface area (Å²) in [6.45, 7) is 4.16. The summed E-state index contributed by atoms with van der Waals surface area (Å²) in [5, 5.41) is 3.06. The Balaban J connectivity index is 1.58. The van der Waals surface area contributed by atoms with Gasteiger partial charge in [-0.15, -0.1) is 0 Å². The van der Waals surface area contributed by atoms with E-state index in [1.807, 2.05) is 44.4 Å². The van der Waals surface area contributed by atoms with E-state index in [1.165, 1.54) is 0 Å². The van der Waals surface area contributed by atoms with Crippen molar-refractivity contribution in [1.29, 1.82) is 0 Å². The first kappa shape index (κ1) is 21.8. The van der Waals surface area contributed by atoms with Crippen LogP contribution in [0, 0.1) is 6.92 Å². The van der Waals surface area contributed by atoms with Gasteiger partial charge in [-0.1, -0.05) is 18.2 Å². The number of pyridine rings is 1. The van der Waals surface area contributed by atoms with Crippen LogP contribution in [0.4, 0.5) is 17.2 Å². The molecule has 3 aromatic rings. The third-order valence-electron chi connectivity index (χ3n) is 5.74. The normalized spacial score (nSPS) is 14.0. The van der Waals surface area contributed by atoms with Crippen LogP contribution in [0.25, 0.3) is 11.1 Å². The second kappa shape index (κ2) is 9.83. The second-order valence-corrected chi connectivity index (χ2v) is 8.31. The number of benzene rings is 2. The molecular weight excluding hydrogens is 400 g/mol. The average molecular weight is 431 g/mol. The van der Waals surface area contributed by atoms with E-state index in [0.29, 0.717) is 18.0 Å². The summed E-state index contributed by atoms with van der Waals surface area (Å²) in [5.41, 5.74) is 5.72. The fourth-order valence-electron chi connectivity index (χ4n) is 3.87. The third-order valence-corrected chi connectivity index (χ3v) is 5.74. The van der Waals surface area contributed by atoms with Gasteiger partial charge in [0, 0.05) is 44.7 Å². The summed E-state index contributed by atoms with van der Waals surface area (Å²) in [7, 11) is 4.05.